The lowest BCUT2D eigenvalue weighted by Crippen LogP contribution is -2.28. The maximum Gasteiger partial charge on any atom is 0.356 e. The van der Waals surface area contributed by atoms with Crippen LogP contribution < -0.4 is 5.32 Å². The van der Waals surface area contributed by atoms with Crippen LogP contribution in [0.5, 0.6) is 0 Å². The van der Waals surface area contributed by atoms with Crippen LogP contribution in [-0.4, -0.2) is 23.5 Å². The second-order valence-corrected chi connectivity index (χ2v) is 6.59. The lowest BCUT2D eigenvalue weighted by atomic mass is 10.1. The monoisotopic (exact) mass is 418 g/mol. The fraction of sp³-hybridized carbons (Fsp3) is 0.158. The van der Waals surface area contributed by atoms with Crippen LogP contribution in [0.2, 0.25) is 0 Å². The molecule has 1 amide bonds. The Morgan fingerprint density at radius 1 is 1.23 bits per heavy atom. The summed E-state index contributed by atoms with van der Waals surface area (Å²) in [5, 5.41) is 3.44. The Morgan fingerprint density at radius 3 is 2.73 bits per heavy atom. The number of hydrogen-bond donors (Lipinski definition) is 2. The van der Waals surface area contributed by atoms with Gasteiger partial charge in [-0.25, -0.2) is 9.18 Å². The maximum absolute atomic E-state index is 13.5. The number of rotatable bonds is 5. The quantitative estimate of drug-likeness (QED) is 0.618. The van der Waals surface area contributed by atoms with Crippen molar-refractivity contribution in [2.75, 3.05) is 6.61 Å². The molecule has 0 atom stereocenters. The van der Waals surface area contributed by atoms with Crippen LogP contribution in [-0.2, 0) is 16.1 Å². The van der Waals surface area contributed by atoms with Gasteiger partial charge in [0.15, 0.2) is 6.61 Å². The van der Waals surface area contributed by atoms with Crippen LogP contribution in [0.25, 0.3) is 10.9 Å². The number of nitrogens with one attached hydrogen (secondary N) is 2. The summed E-state index contributed by atoms with van der Waals surface area (Å²) in [7, 11) is 0. The number of esters is 1. The van der Waals surface area contributed by atoms with Gasteiger partial charge in [0.25, 0.3) is 5.91 Å². The number of fused-ring (bicyclic) bond motifs is 1. The molecule has 2 N–H and O–H groups in total. The summed E-state index contributed by atoms with van der Waals surface area (Å²) in [6, 6.07) is 12.1. The summed E-state index contributed by atoms with van der Waals surface area (Å²) >= 11 is 3.37. The van der Waals surface area contributed by atoms with Crippen molar-refractivity contribution >= 4 is 38.7 Å². The van der Waals surface area contributed by atoms with E-state index in [9.17, 15) is 14.0 Å². The van der Waals surface area contributed by atoms with E-state index in [0.717, 1.165) is 10.9 Å². The van der Waals surface area contributed by atoms with Crippen LogP contribution in [0.15, 0.2) is 46.9 Å². The van der Waals surface area contributed by atoms with Crippen molar-refractivity contribution < 1.29 is 18.7 Å². The van der Waals surface area contributed by atoms with E-state index in [1.54, 1.807) is 19.1 Å². The normalized spacial score (nSPS) is 10.7. The van der Waals surface area contributed by atoms with E-state index >= 15 is 0 Å². The number of halogens is 2. The smallest absolute Gasteiger partial charge is 0.356 e. The van der Waals surface area contributed by atoms with Gasteiger partial charge in [-0.1, -0.05) is 30.3 Å². The number of aryl methyl sites for hydroxylation is 1. The molecule has 7 heteroatoms. The van der Waals surface area contributed by atoms with Gasteiger partial charge in [0, 0.05) is 17.4 Å². The van der Waals surface area contributed by atoms with Crippen molar-refractivity contribution in [2.24, 2.45) is 0 Å². The summed E-state index contributed by atoms with van der Waals surface area (Å²) in [5.41, 5.74) is 2.21. The second kappa shape index (κ2) is 7.70. The predicted octanol–water partition coefficient (Wildman–Crippen LogP) is 3.85. The first-order chi connectivity index (χ1) is 12.5. The molecule has 26 heavy (non-hydrogen) atoms. The highest BCUT2D eigenvalue weighted by Crippen LogP contribution is 2.28. The topological polar surface area (TPSA) is 71.2 Å². The van der Waals surface area contributed by atoms with Gasteiger partial charge >= 0.3 is 5.97 Å². The van der Waals surface area contributed by atoms with Gasteiger partial charge in [0.1, 0.15) is 11.5 Å². The SMILES string of the molecule is Cc1ccc(CNC(=O)COC(=O)c2[nH]c3ccccc3c2Br)cc1F. The van der Waals surface area contributed by atoms with Crippen molar-refractivity contribution in [1.29, 1.82) is 0 Å². The summed E-state index contributed by atoms with van der Waals surface area (Å²) in [6.07, 6.45) is 0. The molecule has 0 bridgehead atoms. The first-order valence-electron chi connectivity index (χ1n) is 7.91. The lowest BCUT2D eigenvalue weighted by Gasteiger charge is -2.07. The van der Waals surface area contributed by atoms with E-state index in [2.05, 4.69) is 26.2 Å². The third-order valence-corrected chi connectivity index (χ3v) is 4.73. The molecule has 1 aromatic heterocycles. The van der Waals surface area contributed by atoms with E-state index in [0.29, 0.717) is 15.6 Å². The van der Waals surface area contributed by atoms with E-state index in [1.807, 2.05) is 24.3 Å². The maximum atomic E-state index is 13.5. The molecule has 3 aromatic rings. The lowest BCUT2D eigenvalue weighted by molar-refractivity contribution is -0.124. The van der Waals surface area contributed by atoms with Crippen molar-refractivity contribution in [2.45, 2.75) is 13.5 Å². The molecule has 3 rings (SSSR count). The molecule has 0 saturated heterocycles. The Hall–Kier alpha value is -2.67. The van der Waals surface area contributed by atoms with Gasteiger partial charge in [0.2, 0.25) is 0 Å². The first kappa shape index (κ1) is 18.1. The number of ether oxygens (including phenoxy) is 1. The summed E-state index contributed by atoms with van der Waals surface area (Å²) in [6.45, 7) is 1.40. The Balaban J connectivity index is 1.55. The van der Waals surface area contributed by atoms with Crippen LogP contribution >= 0.6 is 15.9 Å². The largest absolute Gasteiger partial charge is 0.451 e. The van der Waals surface area contributed by atoms with Crippen molar-refractivity contribution in [1.82, 2.24) is 10.3 Å². The molecule has 0 aliphatic carbocycles. The summed E-state index contributed by atoms with van der Waals surface area (Å²) < 4.78 is 19.1. The Morgan fingerprint density at radius 2 is 2.00 bits per heavy atom. The highest BCUT2D eigenvalue weighted by Gasteiger charge is 2.18. The average molecular weight is 419 g/mol. The number of benzene rings is 2. The third-order valence-electron chi connectivity index (χ3n) is 3.91. The number of carbonyl (C=O) groups is 2. The first-order valence-corrected chi connectivity index (χ1v) is 8.70. The number of amides is 1. The van der Waals surface area contributed by atoms with E-state index < -0.39 is 18.5 Å². The molecule has 2 aromatic carbocycles. The molecule has 134 valence electrons. The highest BCUT2D eigenvalue weighted by molar-refractivity contribution is 9.10. The molecule has 0 fully saturated rings. The zero-order chi connectivity index (χ0) is 18.7. The van der Waals surface area contributed by atoms with Gasteiger partial charge in [-0.3, -0.25) is 4.79 Å². The number of hydrogen-bond acceptors (Lipinski definition) is 3. The fourth-order valence-electron chi connectivity index (χ4n) is 2.45. The van der Waals surface area contributed by atoms with Gasteiger partial charge in [0.05, 0.1) is 4.47 Å². The zero-order valence-corrected chi connectivity index (χ0v) is 15.5. The molecule has 0 aliphatic rings. The van der Waals surface area contributed by atoms with Crippen LogP contribution in [0, 0.1) is 12.7 Å². The fourth-order valence-corrected chi connectivity index (χ4v) is 3.06. The van der Waals surface area contributed by atoms with Crippen molar-refractivity contribution in [3.8, 4) is 0 Å². The van der Waals surface area contributed by atoms with Crippen molar-refractivity contribution in [3.05, 3.63) is 69.6 Å². The third kappa shape index (κ3) is 3.94. The van der Waals surface area contributed by atoms with Crippen LogP contribution in [0.3, 0.4) is 0 Å². The number of aromatic amines is 1. The summed E-state index contributed by atoms with van der Waals surface area (Å²) in [5.74, 6) is -1.43. The van der Waals surface area contributed by atoms with Gasteiger partial charge in [-0.2, -0.15) is 0 Å². The van der Waals surface area contributed by atoms with Gasteiger partial charge in [-0.15, -0.1) is 0 Å². The average Bonchev–Trinajstić information content (AvgIpc) is 2.98. The molecule has 0 radical (unpaired) electrons. The number of para-hydroxylation sites is 1. The number of carbonyl (C=O) groups excluding carboxylic acids is 2. The van der Waals surface area contributed by atoms with Gasteiger partial charge in [-0.05, 0) is 46.1 Å². The molecule has 0 unspecified atom stereocenters. The number of aromatic nitrogens is 1. The minimum absolute atomic E-state index is 0.156. The number of H-pyrrole nitrogens is 1. The van der Waals surface area contributed by atoms with Crippen molar-refractivity contribution in [3.63, 3.8) is 0 Å². The standard InChI is InChI=1S/C19H16BrFN2O3/c1-11-6-7-12(8-14(11)21)9-22-16(24)10-26-19(25)18-17(20)13-4-2-3-5-15(13)23-18/h2-8,23H,9-10H2,1H3,(H,22,24). The van der Waals surface area contributed by atoms with E-state index in [1.165, 1.54) is 6.07 Å². The zero-order valence-electron chi connectivity index (χ0n) is 13.9. The molecule has 0 spiro atoms. The minimum Gasteiger partial charge on any atom is -0.451 e. The predicted molar refractivity (Wildman–Crippen MR) is 99.3 cm³/mol. The molecule has 0 aliphatic heterocycles. The minimum atomic E-state index is -0.635. The Kier molecular flexibility index (Phi) is 5.37. The molecule has 0 saturated carbocycles. The van der Waals surface area contributed by atoms with Crippen LogP contribution in [0.1, 0.15) is 21.6 Å². The van der Waals surface area contributed by atoms with Gasteiger partial charge < -0.3 is 15.0 Å². The Bertz CT molecular complexity index is 984. The second-order valence-electron chi connectivity index (χ2n) is 5.80. The Labute approximate surface area is 157 Å². The van der Waals surface area contributed by atoms with E-state index in [-0.39, 0.29) is 18.1 Å². The highest BCUT2D eigenvalue weighted by atomic mass is 79.9. The molecule has 5 nitrogen and oxygen atoms in total. The molecule has 1 heterocycles. The summed E-state index contributed by atoms with van der Waals surface area (Å²) in [4.78, 5) is 27.0. The molecular weight excluding hydrogens is 403 g/mol. The van der Waals surface area contributed by atoms with Crippen LogP contribution in [0.4, 0.5) is 4.39 Å². The molecular formula is C19H16BrFN2O3. The van der Waals surface area contributed by atoms with E-state index in [4.69, 9.17) is 4.74 Å².